The highest BCUT2D eigenvalue weighted by Crippen LogP contribution is 2.36. The van der Waals surface area contributed by atoms with E-state index in [1.54, 1.807) is 12.1 Å². The summed E-state index contributed by atoms with van der Waals surface area (Å²) in [6.45, 7) is 2.85. The van der Waals surface area contributed by atoms with Crippen molar-refractivity contribution in [2.24, 2.45) is 0 Å². The van der Waals surface area contributed by atoms with Crippen LogP contribution in [-0.2, 0) is 12.8 Å². The highest BCUT2D eigenvalue weighted by molar-refractivity contribution is 7.12. The Hall–Kier alpha value is -0.900. The van der Waals surface area contributed by atoms with E-state index < -0.39 is 0 Å². The van der Waals surface area contributed by atoms with Crippen LogP contribution in [0.4, 0.5) is 4.39 Å². The third-order valence-corrected chi connectivity index (χ3v) is 5.52. The Balaban J connectivity index is 1.99. The van der Waals surface area contributed by atoms with E-state index in [9.17, 15) is 4.39 Å². The average molecular weight is 324 g/mol. The van der Waals surface area contributed by atoms with Crippen molar-refractivity contribution in [2.75, 3.05) is 6.54 Å². The van der Waals surface area contributed by atoms with Gasteiger partial charge in [0.15, 0.2) is 0 Å². The Bertz CT molecular complexity index is 614. The molecule has 0 bridgehead atoms. The zero-order valence-corrected chi connectivity index (χ0v) is 13.7. The second-order valence-electron chi connectivity index (χ2n) is 5.46. The maximum atomic E-state index is 14.3. The van der Waals surface area contributed by atoms with Crippen molar-refractivity contribution < 1.29 is 4.39 Å². The van der Waals surface area contributed by atoms with Crippen LogP contribution in [0.1, 0.15) is 46.7 Å². The monoisotopic (exact) mass is 323 g/mol. The first-order valence-electron chi connectivity index (χ1n) is 7.49. The van der Waals surface area contributed by atoms with Crippen molar-refractivity contribution in [2.45, 2.75) is 38.6 Å². The molecule has 21 heavy (non-hydrogen) atoms. The Morgan fingerprint density at radius 2 is 2.10 bits per heavy atom. The second-order valence-corrected chi connectivity index (χ2v) is 7.07. The summed E-state index contributed by atoms with van der Waals surface area (Å²) >= 11 is 7.70. The van der Waals surface area contributed by atoms with Gasteiger partial charge in [0, 0.05) is 20.3 Å². The SMILES string of the molecule is CCNC(c1cc2c(s1)CCCC2)c1ccc(Cl)cc1F. The van der Waals surface area contributed by atoms with Crippen LogP contribution in [0.5, 0.6) is 0 Å². The van der Waals surface area contributed by atoms with Crippen LogP contribution in [0.2, 0.25) is 5.02 Å². The number of aryl methyl sites for hydroxylation is 2. The zero-order valence-electron chi connectivity index (χ0n) is 12.1. The quantitative estimate of drug-likeness (QED) is 0.823. The van der Waals surface area contributed by atoms with E-state index in [4.69, 9.17) is 11.6 Å². The number of rotatable bonds is 4. The van der Waals surface area contributed by atoms with Crippen LogP contribution in [-0.4, -0.2) is 6.54 Å². The molecule has 0 saturated heterocycles. The molecule has 1 aliphatic carbocycles. The number of nitrogens with one attached hydrogen (secondary N) is 1. The smallest absolute Gasteiger partial charge is 0.129 e. The Morgan fingerprint density at radius 3 is 2.81 bits per heavy atom. The summed E-state index contributed by atoms with van der Waals surface area (Å²) in [6, 6.07) is 7.14. The van der Waals surface area contributed by atoms with Crippen LogP contribution in [0, 0.1) is 5.82 Å². The van der Waals surface area contributed by atoms with Crippen molar-refractivity contribution >= 4 is 22.9 Å². The summed E-state index contributed by atoms with van der Waals surface area (Å²) in [7, 11) is 0. The van der Waals surface area contributed by atoms with Crippen LogP contribution in [0.3, 0.4) is 0 Å². The molecule has 1 aromatic carbocycles. The van der Waals surface area contributed by atoms with Crippen LogP contribution in [0.15, 0.2) is 24.3 Å². The first kappa shape index (κ1) is 15.0. The predicted molar refractivity (Wildman–Crippen MR) is 87.9 cm³/mol. The van der Waals surface area contributed by atoms with Gasteiger partial charge in [0.1, 0.15) is 5.82 Å². The third kappa shape index (κ3) is 3.15. The summed E-state index contributed by atoms with van der Waals surface area (Å²) in [5.41, 5.74) is 2.14. The number of thiophene rings is 1. The Morgan fingerprint density at radius 1 is 1.29 bits per heavy atom. The van der Waals surface area contributed by atoms with Gasteiger partial charge in [-0.05, 0) is 56.0 Å². The number of hydrogen-bond acceptors (Lipinski definition) is 2. The molecule has 1 nitrogen and oxygen atoms in total. The summed E-state index contributed by atoms with van der Waals surface area (Å²) in [5, 5.41) is 3.85. The second kappa shape index (κ2) is 6.47. The van der Waals surface area contributed by atoms with Crippen molar-refractivity contribution in [3.8, 4) is 0 Å². The molecule has 0 amide bonds. The molecule has 2 aromatic rings. The molecule has 1 N–H and O–H groups in total. The fraction of sp³-hybridized carbons (Fsp3) is 0.412. The largest absolute Gasteiger partial charge is 0.306 e. The number of benzene rings is 1. The zero-order chi connectivity index (χ0) is 14.8. The van der Waals surface area contributed by atoms with E-state index in [2.05, 4.69) is 11.4 Å². The summed E-state index contributed by atoms with van der Waals surface area (Å²) < 4.78 is 14.3. The van der Waals surface area contributed by atoms with Crippen LogP contribution < -0.4 is 5.32 Å². The molecule has 3 rings (SSSR count). The normalized spacial score (nSPS) is 15.8. The molecule has 1 aliphatic rings. The van der Waals surface area contributed by atoms with Gasteiger partial charge in [0.05, 0.1) is 6.04 Å². The van der Waals surface area contributed by atoms with E-state index in [1.165, 1.54) is 40.6 Å². The molecule has 0 fully saturated rings. The highest BCUT2D eigenvalue weighted by Gasteiger charge is 2.22. The predicted octanol–water partition coefficient (Wildman–Crippen LogP) is 5.12. The summed E-state index contributed by atoms with van der Waals surface area (Å²) in [6.07, 6.45) is 4.87. The van der Waals surface area contributed by atoms with Gasteiger partial charge in [0.25, 0.3) is 0 Å². The minimum atomic E-state index is -0.236. The molecule has 0 aliphatic heterocycles. The highest BCUT2D eigenvalue weighted by atomic mass is 35.5. The molecule has 1 heterocycles. The molecule has 0 radical (unpaired) electrons. The Labute approximate surface area is 134 Å². The van der Waals surface area contributed by atoms with Crippen LogP contribution >= 0.6 is 22.9 Å². The fourth-order valence-corrected chi connectivity index (χ4v) is 4.47. The van der Waals surface area contributed by atoms with E-state index in [1.807, 2.05) is 18.3 Å². The lowest BCUT2D eigenvalue weighted by Crippen LogP contribution is -2.22. The fourth-order valence-electron chi connectivity index (χ4n) is 2.96. The summed E-state index contributed by atoms with van der Waals surface area (Å²) in [5.74, 6) is -0.236. The van der Waals surface area contributed by atoms with E-state index in [0.29, 0.717) is 10.6 Å². The van der Waals surface area contributed by atoms with Gasteiger partial charge in [-0.2, -0.15) is 0 Å². The van der Waals surface area contributed by atoms with Crippen LogP contribution in [0.25, 0.3) is 0 Å². The van der Waals surface area contributed by atoms with Gasteiger partial charge < -0.3 is 5.32 Å². The van der Waals surface area contributed by atoms with Gasteiger partial charge in [-0.15, -0.1) is 11.3 Å². The van der Waals surface area contributed by atoms with E-state index in [-0.39, 0.29) is 11.9 Å². The maximum Gasteiger partial charge on any atom is 0.129 e. The Kier molecular flexibility index (Phi) is 4.63. The van der Waals surface area contributed by atoms with Gasteiger partial charge in [-0.25, -0.2) is 4.39 Å². The van der Waals surface area contributed by atoms with Crippen molar-refractivity contribution in [3.63, 3.8) is 0 Å². The lowest BCUT2D eigenvalue weighted by molar-refractivity contribution is 0.563. The molecular formula is C17H19ClFNS. The number of fused-ring (bicyclic) bond motifs is 1. The minimum absolute atomic E-state index is 0.0807. The summed E-state index contributed by atoms with van der Waals surface area (Å²) in [4.78, 5) is 2.69. The van der Waals surface area contributed by atoms with Gasteiger partial charge >= 0.3 is 0 Å². The van der Waals surface area contributed by atoms with Crippen molar-refractivity contribution in [1.82, 2.24) is 5.32 Å². The first-order valence-corrected chi connectivity index (χ1v) is 8.68. The van der Waals surface area contributed by atoms with Crippen molar-refractivity contribution in [1.29, 1.82) is 0 Å². The van der Waals surface area contributed by atoms with E-state index in [0.717, 1.165) is 13.0 Å². The minimum Gasteiger partial charge on any atom is -0.306 e. The standard InChI is InChI=1S/C17H19ClFNS/c1-2-20-17(13-8-7-12(18)10-14(13)19)16-9-11-5-3-4-6-15(11)21-16/h7-10,17,20H,2-6H2,1H3. The van der Waals surface area contributed by atoms with Crippen molar-refractivity contribution in [3.05, 3.63) is 56.0 Å². The lowest BCUT2D eigenvalue weighted by Gasteiger charge is -2.17. The van der Waals surface area contributed by atoms with Gasteiger partial charge in [-0.1, -0.05) is 24.6 Å². The maximum absolute atomic E-state index is 14.3. The third-order valence-electron chi connectivity index (χ3n) is 3.98. The molecule has 1 atom stereocenters. The molecular weight excluding hydrogens is 305 g/mol. The van der Waals surface area contributed by atoms with E-state index >= 15 is 0 Å². The molecule has 0 spiro atoms. The molecule has 1 unspecified atom stereocenters. The lowest BCUT2D eigenvalue weighted by atomic mass is 9.97. The average Bonchev–Trinajstić information content (AvgIpc) is 2.89. The van der Waals surface area contributed by atoms with Gasteiger partial charge in [0.2, 0.25) is 0 Å². The first-order chi connectivity index (χ1) is 10.2. The number of halogens is 2. The number of hydrogen-bond donors (Lipinski definition) is 1. The topological polar surface area (TPSA) is 12.0 Å². The molecule has 1 aromatic heterocycles. The molecule has 0 saturated carbocycles. The van der Waals surface area contributed by atoms with Gasteiger partial charge in [-0.3, -0.25) is 0 Å². The molecule has 112 valence electrons. The molecule has 4 heteroatoms.